The molecule has 1 unspecified atom stereocenters. The maximum atomic E-state index is 11.5. The summed E-state index contributed by atoms with van der Waals surface area (Å²) in [6, 6.07) is 3.87. The largest absolute Gasteiger partial charge is 0.336 e. The Morgan fingerprint density at radius 2 is 2.53 bits per heavy atom. The molecule has 5 nitrogen and oxygen atoms in total. The van der Waals surface area contributed by atoms with Crippen molar-refractivity contribution in [1.29, 1.82) is 0 Å². The fourth-order valence-corrected chi connectivity index (χ4v) is 1.80. The second-order valence-corrected chi connectivity index (χ2v) is 3.47. The van der Waals surface area contributed by atoms with Crippen molar-refractivity contribution in [3.63, 3.8) is 0 Å². The Hall–Kier alpha value is -1.62. The first-order valence-corrected chi connectivity index (χ1v) is 4.97. The maximum absolute atomic E-state index is 11.5. The minimum absolute atomic E-state index is 0.0469. The van der Waals surface area contributed by atoms with Gasteiger partial charge in [-0.2, -0.15) is 0 Å². The lowest BCUT2D eigenvalue weighted by molar-refractivity contribution is 0.206. The third-order valence-corrected chi connectivity index (χ3v) is 2.52. The van der Waals surface area contributed by atoms with Crippen LogP contribution in [0.4, 0.5) is 4.79 Å². The van der Waals surface area contributed by atoms with E-state index in [1.54, 1.807) is 17.3 Å². The molecular formula is C10H14N4O. The summed E-state index contributed by atoms with van der Waals surface area (Å²) in [5.41, 5.74) is 6.52. The third-order valence-electron chi connectivity index (χ3n) is 2.52. The fraction of sp³-hybridized carbons (Fsp3) is 0.400. The number of nitrogens with two attached hydrogens (primary N) is 1. The molecule has 1 aromatic rings. The lowest BCUT2D eigenvalue weighted by Crippen LogP contribution is -2.34. The molecule has 0 aromatic carbocycles. The van der Waals surface area contributed by atoms with Crippen LogP contribution < -0.4 is 11.1 Å². The fourth-order valence-electron chi connectivity index (χ4n) is 1.80. The normalized spacial score (nSPS) is 20.5. The summed E-state index contributed by atoms with van der Waals surface area (Å²) in [4.78, 5) is 17.3. The number of carbonyl (C=O) groups excluding carboxylic acids is 1. The van der Waals surface area contributed by atoms with Crippen LogP contribution in [-0.2, 0) is 0 Å². The zero-order valence-electron chi connectivity index (χ0n) is 8.39. The van der Waals surface area contributed by atoms with Crippen molar-refractivity contribution < 1.29 is 4.79 Å². The SMILES string of the molecule is NCCN1C(=O)NCC1c1cccnc1. The van der Waals surface area contributed by atoms with Crippen molar-refractivity contribution in [3.05, 3.63) is 30.1 Å². The first kappa shape index (κ1) is 9.92. The Kier molecular flexibility index (Phi) is 2.82. The number of hydrogen-bond acceptors (Lipinski definition) is 3. The maximum Gasteiger partial charge on any atom is 0.318 e. The van der Waals surface area contributed by atoms with Gasteiger partial charge in [0.05, 0.1) is 6.04 Å². The number of pyridine rings is 1. The van der Waals surface area contributed by atoms with E-state index in [0.29, 0.717) is 19.6 Å². The molecule has 15 heavy (non-hydrogen) atoms. The van der Waals surface area contributed by atoms with Crippen LogP contribution in [0, 0.1) is 0 Å². The number of aromatic nitrogens is 1. The minimum Gasteiger partial charge on any atom is -0.336 e. The number of carbonyl (C=O) groups is 1. The van der Waals surface area contributed by atoms with Gasteiger partial charge in [0.1, 0.15) is 0 Å². The summed E-state index contributed by atoms with van der Waals surface area (Å²) in [6.07, 6.45) is 3.51. The molecule has 0 bridgehead atoms. The Balaban J connectivity index is 2.18. The van der Waals surface area contributed by atoms with Crippen LogP contribution in [0.15, 0.2) is 24.5 Å². The van der Waals surface area contributed by atoms with Crippen LogP contribution in [-0.4, -0.2) is 35.5 Å². The van der Waals surface area contributed by atoms with Gasteiger partial charge in [-0.1, -0.05) is 6.07 Å². The van der Waals surface area contributed by atoms with Gasteiger partial charge in [0.15, 0.2) is 0 Å². The first-order valence-electron chi connectivity index (χ1n) is 4.97. The number of nitrogens with zero attached hydrogens (tertiary/aromatic N) is 2. The molecule has 1 fully saturated rings. The summed E-state index contributed by atoms with van der Waals surface area (Å²) in [5.74, 6) is 0. The van der Waals surface area contributed by atoms with Crippen LogP contribution in [0.1, 0.15) is 11.6 Å². The molecule has 80 valence electrons. The molecular weight excluding hydrogens is 192 g/mol. The molecule has 0 saturated carbocycles. The Morgan fingerprint density at radius 1 is 1.67 bits per heavy atom. The van der Waals surface area contributed by atoms with E-state index in [2.05, 4.69) is 10.3 Å². The van der Waals surface area contributed by atoms with E-state index in [4.69, 9.17) is 5.73 Å². The second-order valence-electron chi connectivity index (χ2n) is 3.47. The predicted octanol–water partition coefficient (Wildman–Crippen LogP) is 0.107. The van der Waals surface area contributed by atoms with Crippen LogP contribution in [0.25, 0.3) is 0 Å². The highest BCUT2D eigenvalue weighted by Crippen LogP contribution is 2.22. The van der Waals surface area contributed by atoms with E-state index in [-0.39, 0.29) is 12.1 Å². The van der Waals surface area contributed by atoms with Crippen molar-refractivity contribution in [3.8, 4) is 0 Å². The van der Waals surface area contributed by atoms with E-state index in [9.17, 15) is 4.79 Å². The van der Waals surface area contributed by atoms with E-state index in [1.807, 2.05) is 12.1 Å². The van der Waals surface area contributed by atoms with Crippen molar-refractivity contribution in [2.24, 2.45) is 5.73 Å². The standard InChI is InChI=1S/C10H14N4O/c11-3-5-14-9(7-13-10(14)15)8-2-1-4-12-6-8/h1-2,4,6,9H,3,5,7,11H2,(H,13,15). The van der Waals surface area contributed by atoms with Gasteiger partial charge in [-0.05, 0) is 11.6 Å². The van der Waals surface area contributed by atoms with Crippen LogP contribution in [0.2, 0.25) is 0 Å². The molecule has 1 saturated heterocycles. The number of rotatable bonds is 3. The summed E-state index contributed by atoms with van der Waals surface area (Å²) in [6.45, 7) is 1.68. The van der Waals surface area contributed by atoms with Gasteiger partial charge < -0.3 is 16.0 Å². The lowest BCUT2D eigenvalue weighted by Gasteiger charge is -2.22. The van der Waals surface area contributed by atoms with Crippen molar-refractivity contribution in [2.45, 2.75) is 6.04 Å². The minimum atomic E-state index is -0.0469. The van der Waals surface area contributed by atoms with Gasteiger partial charge in [-0.3, -0.25) is 4.98 Å². The zero-order chi connectivity index (χ0) is 10.7. The second kappa shape index (κ2) is 4.27. The molecule has 3 N–H and O–H groups in total. The molecule has 1 aliphatic rings. The molecule has 1 aliphatic heterocycles. The van der Waals surface area contributed by atoms with Crippen molar-refractivity contribution >= 4 is 6.03 Å². The number of nitrogens with one attached hydrogen (secondary N) is 1. The highest BCUT2D eigenvalue weighted by molar-refractivity contribution is 5.77. The molecule has 0 spiro atoms. The van der Waals surface area contributed by atoms with E-state index in [0.717, 1.165) is 5.56 Å². The number of urea groups is 1. The van der Waals surface area contributed by atoms with Crippen LogP contribution in [0.3, 0.4) is 0 Å². The highest BCUT2D eigenvalue weighted by atomic mass is 16.2. The molecule has 0 radical (unpaired) electrons. The quantitative estimate of drug-likeness (QED) is 0.737. The van der Waals surface area contributed by atoms with E-state index < -0.39 is 0 Å². The van der Waals surface area contributed by atoms with Gasteiger partial charge in [0.25, 0.3) is 0 Å². The first-order chi connectivity index (χ1) is 7.33. The molecule has 0 aliphatic carbocycles. The smallest absolute Gasteiger partial charge is 0.318 e. The van der Waals surface area contributed by atoms with Gasteiger partial charge in [-0.25, -0.2) is 4.79 Å². The zero-order valence-corrected chi connectivity index (χ0v) is 8.39. The van der Waals surface area contributed by atoms with Gasteiger partial charge in [0.2, 0.25) is 0 Å². The third kappa shape index (κ3) is 1.92. The summed E-state index contributed by atoms with van der Waals surface area (Å²) in [5, 5.41) is 2.81. The van der Waals surface area contributed by atoms with E-state index >= 15 is 0 Å². The molecule has 2 rings (SSSR count). The summed E-state index contributed by atoms with van der Waals surface area (Å²) in [7, 11) is 0. The monoisotopic (exact) mass is 206 g/mol. The van der Waals surface area contributed by atoms with Gasteiger partial charge in [0, 0.05) is 32.0 Å². The Bertz CT molecular complexity index is 341. The summed E-state index contributed by atoms with van der Waals surface area (Å²) >= 11 is 0. The predicted molar refractivity (Wildman–Crippen MR) is 56.1 cm³/mol. The molecule has 5 heteroatoms. The Morgan fingerprint density at radius 3 is 3.20 bits per heavy atom. The van der Waals surface area contributed by atoms with Crippen molar-refractivity contribution in [2.75, 3.05) is 19.6 Å². The number of amides is 2. The molecule has 2 amide bonds. The van der Waals surface area contributed by atoms with Gasteiger partial charge in [-0.15, -0.1) is 0 Å². The highest BCUT2D eigenvalue weighted by Gasteiger charge is 2.30. The van der Waals surface area contributed by atoms with Crippen molar-refractivity contribution in [1.82, 2.24) is 15.2 Å². The Labute approximate surface area is 88.3 Å². The molecule has 1 atom stereocenters. The van der Waals surface area contributed by atoms with Crippen LogP contribution >= 0.6 is 0 Å². The van der Waals surface area contributed by atoms with Gasteiger partial charge >= 0.3 is 6.03 Å². The average Bonchev–Trinajstić information content (AvgIpc) is 2.63. The lowest BCUT2D eigenvalue weighted by atomic mass is 10.1. The molecule has 2 heterocycles. The van der Waals surface area contributed by atoms with Crippen LogP contribution in [0.5, 0.6) is 0 Å². The average molecular weight is 206 g/mol. The topological polar surface area (TPSA) is 71.2 Å². The van der Waals surface area contributed by atoms with E-state index in [1.165, 1.54) is 0 Å². The number of hydrogen-bond donors (Lipinski definition) is 2. The molecule has 1 aromatic heterocycles. The summed E-state index contributed by atoms with van der Waals surface area (Å²) < 4.78 is 0.